The van der Waals surface area contributed by atoms with Crippen molar-refractivity contribution in [1.82, 2.24) is 4.98 Å². The quantitative estimate of drug-likeness (QED) is 0.797. The molecular weight excluding hydrogens is 210 g/mol. The van der Waals surface area contributed by atoms with E-state index in [1.165, 1.54) is 0 Å². The average molecular weight is 227 g/mol. The molecule has 0 fully saturated rings. The Bertz CT molecular complexity index is 480. The largest absolute Gasteiger partial charge is 0.473 e. The molecule has 0 bridgehead atoms. The van der Waals surface area contributed by atoms with E-state index in [9.17, 15) is 0 Å². The Balaban J connectivity index is 2.11. The van der Waals surface area contributed by atoms with Crippen molar-refractivity contribution in [3.63, 3.8) is 0 Å². The van der Waals surface area contributed by atoms with Crippen molar-refractivity contribution in [3.05, 3.63) is 59.3 Å². The summed E-state index contributed by atoms with van der Waals surface area (Å²) in [6, 6.07) is 14.3. The highest BCUT2D eigenvalue weighted by molar-refractivity contribution is 5.28. The van der Waals surface area contributed by atoms with Crippen LogP contribution in [-0.4, -0.2) is 4.98 Å². The van der Waals surface area contributed by atoms with E-state index in [0.29, 0.717) is 6.61 Å². The third-order valence-corrected chi connectivity index (χ3v) is 2.68. The van der Waals surface area contributed by atoms with Gasteiger partial charge in [-0.3, -0.25) is 0 Å². The molecule has 0 N–H and O–H groups in total. The zero-order valence-corrected chi connectivity index (χ0v) is 10.3. The third kappa shape index (κ3) is 3.06. The topological polar surface area (TPSA) is 22.1 Å². The third-order valence-electron chi connectivity index (χ3n) is 2.68. The number of nitrogens with zero attached hydrogens (tertiary/aromatic N) is 1. The van der Waals surface area contributed by atoms with Crippen LogP contribution in [0.3, 0.4) is 0 Å². The van der Waals surface area contributed by atoms with Crippen LogP contribution < -0.4 is 4.74 Å². The molecule has 0 spiro atoms. The smallest absolute Gasteiger partial charge is 0.217 e. The molecule has 1 aromatic heterocycles. The van der Waals surface area contributed by atoms with Gasteiger partial charge in [-0.1, -0.05) is 43.3 Å². The summed E-state index contributed by atoms with van der Waals surface area (Å²) in [7, 11) is 0. The average Bonchev–Trinajstić information content (AvgIpc) is 2.38. The van der Waals surface area contributed by atoms with Crippen LogP contribution in [0, 0.1) is 6.92 Å². The molecule has 17 heavy (non-hydrogen) atoms. The molecule has 1 aromatic carbocycles. The van der Waals surface area contributed by atoms with Gasteiger partial charge in [0.1, 0.15) is 6.61 Å². The van der Waals surface area contributed by atoms with Crippen molar-refractivity contribution in [2.45, 2.75) is 26.9 Å². The molecular formula is C15H17NO. The van der Waals surface area contributed by atoms with E-state index < -0.39 is 0 Å². The van der Waals surface area contributed by atoms with Gasteiger partial charge in [-0.15, -0.1) is 0 Å². The van der Waals surface area contributed by atoms with Crippen LogP contribution in [0.2, 0.25) is 0 Å². The van der Waals surface area contributed by atoms with Gasteiger partial charge >= 0.3 is 0 Å². The number of rotatable bonds is 4. The fourth-order valence-electron chi connectivity index (χ4n) is 1.68. The van der Waals surface area contributed by atoms with Gasteiger partial charge in [0.15, 0.2) is 0 Å². The first-order valence-corrected chi connectivity index (χ1v) is 5.93. The first kappa shape index (κ1) is 11.6. The summed E-state index contributed by atoms with van der Waals surface area (Å²) in [5.74, 6) is 0.761. The minimum atomic E-state index is 0.574. The van der Waals surface area contributed by atoms with Crippen molar-refractivity contribution in [2.75, 3.05) is 0 Å². The number of pyridine rings is 1. The van der Waals surface area contributed by atoms with Crippen LogP contribution in [0.25, 0.3) is 0 Å². The van der Waals surface area contributed by atoms with Gasteiger partial charge in [-0.05, 0) is 25.0 Å². The van der Waals surface area contributed by atoms with Gasteiger partial charge in [0, 0.05) is 11.3 Å². The van der Waals surface area contributed by atoms with E-state index in [1.54, 1.807) is 0 Å². The van der Waals surface area contributed by atoms with Gasteiger partial charge in [0.2, 0.25) is 5.88 Å². The molecule has 0 saturated carbocycles. The molecule has 2 heteroatoms. The Hall–Kier alpha value is -1.83. The first-order valence-electron chi connectivity index (χ1n) is 5.93. The van der Waals surface area contributed by atoms with Crippen LogP contribution in [0.4, 0.5) is 0 Å². The second-order valence-corrected chi connectivity index (χ2v) is 4.04. The predicted octanol–water partition coefficient (Wildman–Crippen LogP) is 3.53. The van der Waals surface area contributed by atoms with Crippen LogP contribution in [0.15, 0.2) is 42.5 Å². The summed E-state index contributed by atoms with van der Waals surface area (Å²) in [6.07, 6.45) is 0.942. The van der Waals surface area contributed by atoms with Crippen molar-refractivity contribution < 1.29 is 4.74 Å². The van der Waals surface area contributed by atoms with E-state index in [-0.39, 0.29) is 0 Å². The van der Waals surface area contributed by atoms with Crippen LogP contribution in [0.5, 0.6) is 5.88 Å². The predicted molar refractivity (Wildman–Crippen MR) is 69.1 cm³/mol. The molecule has 2 nitrogen and oxygen atoms in total. The van der Waals surface area contributed by atoms with Gasteiger partial charge in [-0.2, -0.15) is 0 Å². The van der Waals surface area contributed by atoms with Gasteiger partial charge in [0.25, 0.3) is 0 Å². The minimum Gasteiger partial charge on any atom is -0.473 e. The second-order valence-electron chi connectivity index (χ2n) is 4.04. The first-order chi connectivity index (χ1) is 8.29. The highest BCUT2D eigenvalue weighted by Crippen LogP contribution is 2.18. The molecule has 0 aliphatic heterocycles. The number of benzene rings is 1. The maximum atomic E-state index is 5.78. The summed E-state index contributed by atoms with van der Waals surface area (Å²) >= 11 is 0. The lowest BCUT2D eigenvalue weighted by Gasteiger charge is -2.10. The summed E-state index contributed by atoms with van der Waals surface area (Å²) in [4.78, 5) is 4.44. The Labute approximate surface area is 102 Å². The molecule has 0 radical (unpaired) electrons. The standard InChI is InChI=1S/C15H17NO/c1-3-14-10-9-12(2)16-15(14)17-11-13-7-5-4-6-8-13/h4-10H,3,11H2,1-2H3. The molecule has 0 saturated heterocycles. The molecule has 2 aromatic rings. The van der Waals surface area contributed by atoms with Gasteiger partial charge in [-0.25, -0.2) is 4.98 Å². The monoisotopic (exact) mass is 227 g/mol. The highest BCUT2D eigenvalue weighted by Gasteiger charge is 2.04. The fourth-order valence-corrected chi connectivity index (χ4v) is 1.68. The van der Waals surface area contributed by atoms with Crippen LogP contribution in [0.1, 0.15) is 23.7 Å². The summed E-state index contributed by atoms with van der Waals surface area (Å²) in [5.41, 5.74) is 3.31. The lowest BCUT2D eigenvalue weighted by molar-refractivity contribution is 0.290. The van der Waals surface area contributed by atoms with Crippen molar-refractivity contribution in [1.29, 1.82) is 0 Å². The summed E-state index contributed by atoms with van der Waals surface area (Å²) < 4.78 is 5.78. The zero-order valence-electron chi connectivity index (χ0n) is 10.3. The van der Waals surface area contributed by atoms with E-state index in [1.807, 2.05) is 31.2 Å². The number of hydrogen-bond donors (Lipinski definition) is 0. The molecule has 88 valence electrons. The van der Waals surface area contributed by atoms with Gasteiger partial charge < -0.3 is 4.74 Å². The maximum Gasteiger partial charge on any atom is 0.217 e. The normalized spacial score (nSPS) is 10.2. The Kier molecular flexibility index (Phi) is 3.76. The number of aryl methyl sites for hydroxylation is 2. The summed E-state index contributed by atoms with van der Waals surface area (Å²) in [6.45, 7) is 4.67. The highest BCUT2D eigenvalue weighted by atomic mass is 16.5. The van der Waals surface area contributed by atoms with Crippen molar-refractivity contribution in [2.24, 2.45) is 0 Å². The van der Waals surface area contributed by atoms with Crippen LogP contribution in [-0.2, 0) is 13.0 Å². The van der Waals surface area contributed by atoms with Crippen LogP contribution >= 0.6 is 0 Å². The Morgan fingerprint density at radius 1 is 1.06 bits per heavy atom. The van der Waals surface area contributed by atoms with E-state index in [2.05, 4.69) is 30.1 Å². The molecule has 2 rings (SSSR count). The molecule has 0 unspecified atom stereocenters. The molecule has 1 heterocycles. The molecule has 0 aliphatic carbocycles. The van der Waals surface area contributed by atoms with Crippen molar-refractivity contribution in [3.8, 4) is 5.88 Å². The number of ether oxygens (including phenoxy) is 1. The lowest BCUT2D eigenvalue weighted by atomic mass is 10.2. The van der Waals surface area contributed by atoms with E-state index >= 15 is 0 Å². The zero-order chi connectivity index (χ0) is 12.1. The van der Waals surface area contributed by atoms with Gasteiger partial charge in [0.05, 0.1) is 0 Å². The SMILES string of the molecule is CCc1ccc(C)nc1OCc1ccccc1. The van der Waals surface area contributed by atoms with Crippen molar-refractivity contribution >= 4 is 0 Å². The Morgan fingerprint density at radius 3 is 2.53 bits per heavy atom. The maximum absolute atomic E-state index is 5.78. The van der Waals surface area contributed by atoms with E-state index in [0.717, 1.165) is 29.1 Å². The second kappa shape index (κ2) is 5.48. The number of hydrogen-bond acceptors (Lipinski definition) is 2. The lowest BCUT2D eigenvalue weighted by Crippen LogP contribution is -2.01. The van der Waals surface area contributed by atoms with E-state index in [4.69, 9.17) is 4.74 Å². The minimum absolute atomic E-state index is 0.574. The molecule has 0 aliphatic rings. The number of aromatic nitrogens is 1. The Morgan fingerprint density at radius 2 is 1.82 bits per heavy atom. The summed E-state index contributed by atoms with van der Waals surface area (Å²) in [5, 5.41) is 0. The molecule has 0 amide bonds. The molecule has 0 atom stereocenters. The fraction of sp³-hybridized carbons (Fsp3) is 0.267.